The molecule has 3 N–H and O–H groups in total. The van der Waals surface area contributed by atoms with Crippen LogP contribution >= 0.6 is 0 Å². The van der Waals surface area contributed by atoms with Gasteiger partial charge in [0.1, 0.15) is 18.1 Å². The quantitative estimate of drug-likeness (QED) is 0.724. The average Bonchev–Trinajstić information content (AvgIpc) is 2.54. The van der Waals surface area contributed by atoms with Gasteiger partial charge in [-0.25, -0.2) is 0 Å². The lowest BCUT2D eigenvalue weighted by Crippen LogP contribution is -2.40. The van der Waals surface area contributed by atoms with E-state index >= 15 is 0 Å². The first-order valence-electron chi connectivity index (χ1n) is 7.79. The zero-order valence-electron chi connectivity index (χ0n) is 13.2. The zero-order chi connectivity index (χ0) is 15.9. The van der Waals surface area contributed by atoms with Crippen molar-refractivity contribution in [2.24, 2.45) is 0 Å². The zero-order valence-corrected chi connectivity index (χ0v) is 13.2. The van der Waals surface area contributed by atoms with Crippen LogP contribution in [0.25, 0.3) is 0 Å². The molecule has 4 heteroatoms. The largest absolute Gasteiger partial charge is 0.508 e. The van der Waals surface area contributed by atoms with Crippen molar-refractivity contribution in [1.29, 1.82) is 0 Å². The average molecular weight is 303 g/mol. The van der Waals surface area contributed by atoms with E-state index in [0.717, 1.165) is 24.2 Å². The van der Waals surface area contributed by atoms with Gasteiger partial charge in [-0.3, -0.25) is 0 Å². The second kappa shape index (κ2) is 8.01. The second-order valence-electron chi connectivity index (χ2n) is 5.79. The summed E-state index contributed by atoms with van der Waals surface area (Å²) in [7, 11) is 0. The van der Waals surface area contributed by atoms with Gasteiger partial charge in [-0.2, -0.15) is 0 Å². The highest BCUT2D eigenvalue weighted by Crippen LogP contribution is 2.20. The first-order chi connectivity index (χ1) is 10.6. The van der Waals surface area contributed by atoms with E-state index < -0.39 is 6.10 Å². The minimum atomic E-state index is -0.628. The van der Waals surface area contributed by atoms with E-state index in [0.29, 0.717) is 6.61 Å². The van der Waals surface area contributed by atoms with Crippen molar-refractivity contribution in [3.63, 3.8) is 0 Å². The number of aliphatic hydroxyl groups is 1. The highest BCUT2D eigenvalue weighted by atomic mass is 16.5. The van der Waals surface area contributed by atoms with Gasteiger partial charge in [0.2, 0.25) is 0 Å². The summed E-state index contributed by atoms with van der Waals surface area (Å²) in [6, 6.07) is 6.64. The molecule has 3 atom stereocenters. The fourth-order valence-electron chi connectivity index (χ4n) is 2.47. The van der Waals surface area contributed by atoms with Crippen molar-refractivity contribution in [2.75, 3.05) is 6.61 Å². The predicted molar refractivity (Wildman–Crippen MR) is 87.5 cm³/mol. The Balaban J connectivity index is 1.79. The van der Waals surface area contributed by atoms with Crippen LogP contribution in [0.15, 0.2) is 48.3 Å². The topological polar surface area (TPSA) is 61.7 Å². The summed E-state index contributed by atoms with van der Waals surface area (Å²) < 4.78 is 5.74. The number of hydrogen-bond acceptors (Lipinski definition) is 4. The molecular formula is C18H25NO3. The van der Waals surface area contributed by atoms with E-state index in [4.69, 9.17) is 4.74 Å². The molecule has 0 bridgehead atoms. The van der Waals surface area contributed by atoms with Gasteiger partial charge in [-0.05, 0) is 56.5 Å². The monoisotopic (exact) mass is 303 g/mol. The maximum Gasteiger partial charge on any atom is 0.115 e. The molecule has 120 valence electrons. The summed E-state index contributed by atoms with van der Waals surface area (Å²) in [5.41, 5.74) is 0.781. The fraction of sp³-hybridized carbons (Fsp3) is 0.444. The molecule has 3 unspecified atom stereocenters. The van der Waals surface area contributed by atoms with Crippen LogP contribution in [0.3, 0.4) is 0 Å². The number of ether oxygens (including phenoxy) is 1. The van der Waals surface area contributed by atoms with Gasteiger partial charge in [-0.15, -0.1) is 0 Å². The highest BCUT2D eigenvalue weighted by Gasteiger charge is 2.18. The van der Waals surface area contributed by atoms with Crippen molar-refractivity contribution >= 4 is 0 Å². The Hall–Kier alpha value is -1.78. The number of phenolic OH excluding ortho intramolecular Hbond substituents is 1. The van der Waals surface area contributed by atoms with E-state index in [-0.39, 0.29) is 17.8 Å². The van der Waals surface area contributed by atoms with E-state index in [1.807, 2.05) is 19.9 Å². The third-order valence-electron chi connectivity index (χ3n) is 3.72. The number of allylic oxidation sites excluding steroid dienone is 3. The molecule has 2 rings (SSSR count). The molecule has 22 heavy (non-hydrogen) atoms. The van der Waals surface area contributed by atoms with Crippen LogP contribution in [0.2, 0.25) is 0 Å². The predicted octanol–water partition coefficient (Wildman–Crippen LogP) is 3.04. The number of nitrogens with one attached hydrogen (secondary N) is 1. The van der Waals surface area contributed by atoms with Gasteiger partial charge < -0.3 is 20.3 Å². The molecule has 0 saturated heterocycles. The normalized spacial score (nSPS) is 18.4. The van der Waals surface area contributed by atoms with Crippen molar-refractivity contribution in [3.05, 3.63) is 53.8 Å². The van der Waals surface area contributed by atoms with E-state index in [2.05, 4.69) is 17.5 Å². The van der Waals surface area contributed by atoms with Crippen LogP contribution in [0.5, 0.6) is 5.75 Å². The molecule has 1 aromatic carbocycles. The summed E-state index contributed by atoms with van der Waals surface area (Å²) in [6.07, 6.45) is 7.70. The van der Waals surface area contributed by atoms with Crippen LogP contribution in [0.4, 0.5) is 0 Å². The minimum Gasteiger partial charge on any atom is -0.508 e. The lowest BCUT2D eigenvalue weighted by molar-refractivity contribution is 0.116. The Bertz CT molecular complexity index is 522. The van der Waals surface area contributed by atoms with Crippen LogP contribution in [0.1, 0.15) is 38.4 Å². The first-order valence-corrected chi connectivity index (χ1v) is 7.79. The number of hydrogen-bond donors (Lipinski definition) is 3. The van der Waals surface area contributed by atoms with E-state index in [1.165, 1.54) is 0 Å². The van der Waals surface area contributed by atoms with E-state index in [1.54, 1.807) is 24.3 Å². The second-order valence-corrected chi connectivity index (χ2v) is 5.79. The minimum absolute atomic E-state index is 0.112. The van der Waals surface area contributed by atoms with Crippen molar-refractivity contribution in [2.45, 2.75) is 44.9 Å². The van der Waals surface area contributed by atoms with Crippen molar-refractivity contribution < 1.29 is 14.9 Å². The summed E-state index contributed by atoms with van der Waals surface area (Å²) in [6.45, 7) is 4.53. The molecule has 0 fully saturated rings. The summed E-state index contributed by atoms with van der Waals surface area (Å²) in [5.74, 6) is 1.12. The Morgan fingerprint density at radius 1 is 1.18 bits per heavy atom. The van der Waals surface area contributed by atoms with Crippen molar-refractivity contribution in [1.82, 2.24) is 5.32 Å². The third kappa shape index (κ3) is 4.90. The third-order valence-corrected chi connectivity index (χ3v) is 3.72. The molecule has 1 aliphatic carbocycles. The van der Waals surface area contributed by atoms with Crippen molar-refractivity contribution in [3.8, 4) is 5.75 Å². The molecular weight excluding hydrogens is 278 g/mol. The van der Waals surface area contributed by atoms with Gasteiger partial charge in [0.15, 0.2) is 0 Å². The van der Waals surface area contributed by atoms with Crippen LogP contribution in [-0.4, -0.2) is 28.9 Å². The van der Waals surface area contributed by atoms with Crippen LogP contribution < -0.4 is 5.32 Å². The van der Waals surface area contributed by atoms with Gasteiger partial charge in [0, 0.05) is 12.1 Å². The SMILES string of the molecule is CC(COC1=CCCC=C1)NC(C)C(O)c1ccc(O)cc1. The molecule has 0 radical (unpaired) electrons. The Morgan fingerprint density at radius 2 is 1.91 bits per heavy atom. The number of aromatic hydroxyl groups is 1. The smallest absolute Gasteiger partial charge is 0.115 e. The number of phenols is 1. The molecule has 0 heterocycles. The molecule has 0 aromatic heterocycles. The van der Waals surface area contributed by atoms with Crippen LogP contribution in [-0.2, 0) is 4.74 Å². The first kappa shape index (κ1) is 16.6. The lowest BCUT2D eigenvalue weighted by atomic mass is 10.0. The summed E-state index contributed by atoms with van der Waals surface area (Å²) in [5, 5.41) is 23.0. The van der Waals surface area contributed by atoms with Gasteiger partial charge >= 0.3 is 0 Å². The van der Waals surface area contributed by atoms with Gasteiger partial charge in [-0.1, -0.05) is 18.2 Å². The molecule has 0 aliphatic heterocycles. The Kier molecular flexibility index (Phi) is 6.04. The standard InChI is InChI=1S/C18H25NO3/c1-13(12-22-17-6-4-3-5-7-17)19-14(2)18(21)15-8-10-16(20)11-9-15/h4,6-11,13-14,18-21H,3,5,12H2,1-2H3. The summed E-state index contributed by atoms with van der Waals surface area (Å²) in [4.78, 5) is 0. The maximum absolute atomic E-state index is 10.3. The molecule has 0 spiro atoms. The molecule has 0 saturated carbocycles. The lowest BCUT2D eigenvalue weighted by Gasteiger charge is -2.25. The number of benzene rings is 1. The highest BCUT2D eigenvalue weighted by molar-refractivity contribution is 5.27. The summed E-state index contributed by atoms with van der Waals surface area (Å²) >= 11 is 0. The van der Waals surface area contributed by atoms with Gasteiger partial charge in [0.25, 0.3) is 0 Å². The van der Waals surface area contributed by atoms with Crippen LogP contribution in [0, 0.1) is 0 Å². The molecule has 1 aromatic rings. The molecule has 0 amide bonds. The molecule has 1 aliphatic rings. The Morgan fingerprint density at radius 3 is 2.55 bits per heavy atom. The number of aliphatic hydroxyl groups excluding tert-OH is 1. The Labute approximate surface area is 132 Å². The molecule has 4 nitrogen and oxygen atoms in total. The fourth-order valence-corrected chi connectivity index (χ4v) is 2.47. The van der Waals surface area contributed by atoms with Gasteiger partial charge in [0.05, 0.1) is 6.10 Å². The number of rotatable bonds is 7. The maximum atomic E-state index is 10.3. The van der Waals surface area contributed by atoms with E-state index in [9.17, 15) is 10.2 Å².